The monoisotopic (exact) mass is 276 g/mol. The van der Waals surface area contributed by atoms with E-state index in [-0.39, 0.29) is 0 Å². The third kappa shape index (κ3) is 5.54. The largest absolute Gasteiger partial charge is 0.399 e. The first-order valence-electron chi connectivity index (χ1n) is 8.18. The number of benzene rings is 1. The molecule has 0 bridgehead atoms. The van der Waals surface area contributed by atoms with Crippen molar-refractivity contribution in [2.75, 3.05) is 25.4 Å². The first kappa shape index (κ1) is 17.0. The van der Waals surface area contributed by atoms with Gasteiger partial charge in [-0.05, 0) is 49.0 Å². The van der Waals surface area contributed by atoms with Gasteiger partial charge in [-0.1, -0.05) is 52.7 Å². The van der Waals surface area contributed by atoms with Gasteiger partial charge in [-0.3, -0.25) is 0 Å². The van der Waals surface area contributed by atoms with E-state index in [4.69, 9.17) is 5.73 Å². The topological polar surface area (TPSA) is 29.3 Å². The standard InChI is InChI=1S/C18H32N2/c1-5-16(6-2)14-20(7-3)13-12-15(4)17-8-10-18(19)11-9-17/h8-11,15-16H,5-7,12-14,19H2,1-4H3. The molecule has 0 saturated heterocycles. The number of hydrogen-bond acceptors (Lipinski definition) is 2. The first-order chi connectivity index (χ1) is 9.60. The van der Waals surface area contributed by atoms with E-state index in [1.54, 1.807) is 0 Å². The van der Waals surface area contributed by atoms with E-state index < -0.39 is 0 Å². The van der Waals surface area contributed by atoms with Gasteiger partial charge in [0.15, 0.2) is 0 Å². The summed E-state index contributed by atoms with van der Waals surface area (Å²) in [6.07, 6.45) is 3.80. The van der Waals surface area contributed by atoms with Gasteiger partial charge in [0, 0.05) is 12.2 Å². The Morgan fingerprint density at radius 2 is 1.65 bits per heavy atom. The smallest absolute Gasteiger partial charge is 0.0314 e. The summed E-state index contributed by atoms with van der Waals surface area (Å²) in [6.45, 7) is 12.8. The van der Waals surface area contributed by atoms with Crippen LogP contribution in [0.15, 0.2) is 24.3 Å². The quantitative estimate of drug-likeness (QED) is 0.672. The van der Waals surface area contributed by atoms with Crippen molar-refractivity contribution in [1.82, 2.24) is 4.90 Å². The summed E-state index contributed by atoms with van der Waals surface area (Å²) >= 11 is 0. The predicted octanol–water partition coefficient (Wildman–Crippen LogP) is 4.52. The van der Waals surface area contributed by atoms with E-state index in [1.165, 1.54) is 37.9 Å². The van der Waals surface area contributed by atoms with Crippen molar-refractivity contribution in [3.63, 3.8) is 0 Å². The molecule has 0 aliphatic carbocycles. The molecule has 114 valence electrons. The van der Waals surface area contributed by atoms with Crippen molar-refractivity contribution in [2.24, 2.45) is 5.92 Å². The van der Waals surface area contributed by atoms with Crippen LogP contribution in [0.25, 0.3) is 0 Å². The van der Waals surface area contributed by atoms with Crippen molar-refractivity contribution in [1.29, 1.82) is 0 Å². The molecule has 0 heterocycles. The fourth-order valence-corrected chi connectivity index (χ4v) is 2.66. The molecule has 2 N–H and O–H groups in total. The zero-order valence-electron chi connectivity index (χ0n) is 13.7. The highest BCUT2D eigenvalue weighted by molar-refractivity contribution is 5.40. The van der Waals surface area contributed by atoms with Crippen LogP contribution in [0.5, 0.6) is 0 Å². The lowest BCUT2D eigenvalue weighted by Crippen LogP contribution is -2.30. The van der Waals surface area contributed by atoms with Gasteiger partial charge in [0.05, 0.1) is 0 Å². The Labute approximate surface area is 125 Å². The number of rotatable bonds is 9. The Bertz CT molecular complexity index is 354. The minimum atomic E-state index is 0.603. The zero-order chi connectivity index (χ0) is 15.0. The normalized spacial score (nSPS) is 13.1. The molecule has 1 aromatic rings. The van der Waals surface area contributed by atoms with Crippen LogP contribution in [0.1, 0.15) is 58.4 Å². The second-order valence-corrected chi connectivity index (χ2v) is 5.93. The molecule has 2 heteroatoms. The minimum Gasteiger partial charge on any atom is -0.399 e. The number of nitrogens with two attached hydrogens (primary N) is 1. The highest BCUT2D eigenvalue weighted by atomic mass is 15.1. The van der Waals surface area contributed by atoms with E-state index >= 15 is 0 Å². The van der Waals surface area contributed by atoms with Crippen LogP contribution in [0, 0.1) is 5.92 Å². The van der Waals surface area contributed by atoms with E-state index in [0.717, 1.165) is 18.2 Å². The zero-order valence-corrected chi connectivity index (χ0v) is 13.7. The summed E-state index contributed by atoms with van der Waals surface area (Å²) < 4.78 is 0. The molecule has 2 nitrogen and oxygen atoms in total. The van der Waals surface area contributed by atoms with Crippen LogP contribution in [-0.2, 0) is 0 Å². The Morgan fingerprint density at radius 3 is 2.15 bits per heavy atom. The van der Waals surface area contributed by atoms with Gasteiger partial charge in [0.25, 0.3) is 0 Å². The van der Waals surface area contributed by atoms with Crippen molar-refractivity contribution in [2.45, 2.75) is 52.9 Å². The van der Waals surface area contributed by atoms with E-state index in [2.05, 4.69) is 44.7 Å². The third-order valence-corrected chi connectivity index (χ3v) is 4.50. The molecule has 0 fully saturated rings. The molecule has 1 aromatic carbocycles. The number of nitrogen functional groups attached to an aromatic ring is 1. The summed E-state index contributed by atoms with van der Waals surface area (Å²) in [5.74, 6) is 1.45. The van der Waals surface area contributed by atoms with E-state index in [1.807, 2.05) is 12.1 Å². The van der Waals surface area contributed by atoms with Crippen molar-refractivity contribution in [3.05, 3.63) is 29.8 Å². The Hall–Kier alpha value is -1.02. The summed E-state index contributed by atoms with van der Waals surface area (Å²) in [5.41, 5.74) is 8.00. The second kappa shape index (κ2) is 9.02. The molecule has 0 aliphatic rings. The molecule has 0 aliphatic heterocycles. The van der Waals surface area contributed by atoms with Crippen molar-refractivity contribution < 1.29 is 0 Å². The maximum absolute atomic E-state index is 5.75. The molecular weight excluding hydrogens is 244 g/mol. The Morgan fingerprint density at radius 1 is 1.05 bits per heavy atom. The predicted molar refractivity (Wildman–Crippen MR) is 90.1 cm³/mol. The maximum Gasteiger partial charge on any atom is 0.0314 e. The van der Waals surface area contributed by atoms with E-state index in [9.17, 15) is 0 Å². The van der Waals surface area contributed by atoms with Crippen LogP contribution >= 0.6 is 0 Å². The first-order valence-corrected chi connectivity index (χ1v) is 8.18. The molecule has 0 radical (unpaired) electrons. The summed E-state index contributed by atoms with van der Waals surface area (Å²) in [6, 6.07) is 8.34. The van der Waals surface area contributed by atoms with Crippen LogP contribution in [0.2, 0.25) is 0 Å². The molecule has 0 aromatic heterocycles. The number of hydrogen-bond donors (Lipinski definition) is 1. The van der Waals surface area contributed by atoms with Crippen molar-refractivity contribution >= 4 is 5.69 Å². The summed E-state index contributed by atoms with van der Waals surface area (Å²) in [5, 5.41) is 0. The molecule has 1 atom stereocenters. The van der Waals surface area contributed by atoms with Crippen LogP contribution in [0.4, 0.5) is 5.69 Å². The summed E-state index contributed by atoms with van der Waals surface area (Å²) in [7, 11) is 0. The van der Waals surface area contributed by atoms with E-state index in [0.29, 0.717) is 5.92 Å². The van der Waals surface area contributed by atoms with Crippen LogP contribution in [-0.4, -0.2) is 24.5 Å². The molecule has 20 heavy (non-hydrogen) atoms. The lowest BCUT2D eigenvalue weighted by atomic mass is 9.96. The minimum absolute atomic E-state index is 0.603. The fraction of sp³-hybridized carbons (Fsp3) is 0.667. The number of nitrogens with zero attached hydrogens (tertiary/aromatic N) is 1. The summed E-state index contributed by atoms with van der Waals surface area (Å²) in [4.78, 5) is 2.60. The molecule has 1 unspecified atom stereocenters. The van der Waals surface area contributed by atoms with Gasteiger partial charge < -0.3 is 10.6 Å². The Balaban J connectivity index is 2.45. The lowest BCUT2D eigenvalue weighted by molar-refractivity contribution is 0.227. The van der Waals surface area contributed by atoms with Crippen molar-refractivity contribution in [3.8, 4) is 0 Å². The Kier molecular flexibility index (Phi) is 7.68. The molecule has 0 amide bonds. The van der Waals surface area contributed by atoms with Gasteiger partial charge in [0.2, 0.25) is 0 Å². The van der Waals surface area contributed by atoms with Crippen LogP contribution < -0.4 is 5.73 Å². The van der Waals surface area contributed by atoms with Crippen LogP contribution in [0.3, 0.4) is 0 Å². The molecular formula is C18H32N2. The van der Waals surface area contributed by atoms with Gasteiger partial charge in [-0.15, -0.1) is 0 Å². The number of anilines is 1. The van der Waals surface area contributed by atoms with Gasteiger partial charge in [0.1, 0.15) is 0 Å². The van der Waals surface area contributed by atoms with Gasteiger partial charge >= 0.3 is 0 Å². The van der Waals surface area contributed by atoms with Gasteiger partial charge in [-0.2, -0.15) is 0 Å². The average Bonchev–Trinajstić information content (AvgIpc) is 2.48. The third-order valence-electron chi connectivity index (χ3n) is 4.50. The maximum atomic E-state index is 5.75. The van der Waals surface area contributed by atoms with Gasteiger partial charge in [-0.25, -0.2) is 0 Å². The fourth-order valence-electron chi connectivity index (χ4n) is 2.66. The lowest BCUT2D eigenvalue weighted by Gasteiger charge is -2.26. The second-order valence-electron chi connectivity index (χ2n) is 5.93. The highest BCUT2D eigenvalue weighted by Gasteiger charge is 2.12. The molecule has 0 saturated carbocycles. The highest BCUT2D eigenvalue weighted by Crippen LogP contribution is 2.21. The average molecular weight is 276 g/mol. The molecule has 1 rings (SSSR count). The molecule has 0 spiro atoms. The SMILES string of the molecule is CCC(CC)CN(CC)CCC(C)c1ccc(N)cc1.